The van der Waals surface area contributed by atoms with Gasteiger partial charge in [0.25, 0.3) is 5.91 Å². The molecule has 0 aliphatic carbocycles. The summed E-state index contributed by atoms with van der Waals surface area (Å²) in [6, 6.07) is 8.24. The minimum atomic E-state index is -0.694. The molecule has 0 spiro atoms. The Labute approximate surface area is 120 Å². The largest absolute Gasteiger partial charge is 0.457 e. The van der Waals surface area contributed by atoms with Crippen LogP contribution >= 0.6 is 11.6 Å². The van der Waals surface area contributed by atoms with Gasteiger partial charge in [-0.2, -0.15) is 0 Å². The maximum atomic E-state index is 11.6. The number of esters is 1. The number of amides is 1. The van der Waals surface area contributed by atoms with Crippen molar-refractivity contribution in [1.82, 2.24) is 0 Å². The van der Waals surface area contributed by atoms with Crippen molar-refractivity contribution in [2.45, 2.75) is 6.92 Å². The van der Waals surface area contributed by atoms with Crippen LogP contribution in [0.15, 0.2) is 41.0 Å². The lowest BCUT2D eigenvalue weighted by atomic mass is 10.2. The predicted octanol–water partition coefficient (Wildman–Crippen LogP) is 3.04. The fourth-order valence-corrected chi connectivity index (χ4v) is 1.79. The molecule has 1 aromatic carbocycles. The zero-order valence-corrected chi connectivity index (χ0v) is 11.4. The summed E-state index contributed by atoms with van der Waals surface area (Å²) in [5, 5.41) is 2.99. The highest BCUT2D eigenvalue weighted by Crippen LogP contribution is 2.22. The zero-order valence-electron chi connectivity index (χ0n) is 10.7. The number of carbonyl (C=O) groups excluding carboxylic acids is 2. The van der Waals surface area contributed by atoms with Crippen LogP contribution < -0.4 is 5.32 Å². The average molecular weight is 294 g/mol. The van der Waals surface area contributed by atoms with Gasteiger partial charge in [-0.1, -0.05) is 17.7 Å². The summed E-state index contributed by atoms with van der Waals surface area (Å²) in [5.74, 6) is -1.12. The average Bonchev–Trinajstić information content (AvgIpc) is 2.93. The molecule has 5 nitrogen and oxygen atoms in total. The fourth-order valence-electron chi connectivity index (χ4n) is 1.50. The van der Waals surface area contributed by atoms with Crippen molar-refractivity contribution < 1.29 is 18.7 Å². The molecule has 6 heteroatoms. The molecule has 104 valence electrons. The Balaban J connectivity index is 1.88. The number of aryl methyl sites for hydroxylation is 1. The van der Waals surface area contributed by atoms with Crippen LogP contribution in [0.4, 0.5) is 5.69 Å². The van der Waals surface area contributed by atoms with Gasteiger partial charge in [0.1, 0.15) is 0 Å². The maximum Gasteiger partial charge on any atom is 0.374 e. The lowest BCUT2D eigenvalue weighted by Crippen LogP contribution is -2.20. The molecule has 0 saturated carbocycles. The van der Waals surface area contributed by atoms with Gasteiger partial charge in [-0.05, 0) is 36.8 Å². The standard InChI is InChI=1S/C14H12ClNO4/c1-9-4-5-11(10(15)7-9)16-13(17)8-20-14(18)12-3-2-6-19-12/h2-7H,8H2,1H3,(H,16,17). The van der Waals surface area contributed by atoms with Crippen LogP contribution in [0.5, 0.6) is 0 Å². The van der Waals surface area contributed by atoms with Gasteiger partial charge in [0.2, 0.25) is 5.76 Å². The summed E-state index contributed by atoms with van der Waals surface area (Å²) in [6.07, 6.45) is 1.35. The third kappa shape index (κ3) is 3.61. The fraction of sp³-hybridized carbons (Fsp3) is 0.143. The Morgan fingerprint density at radius 3 is 2.80 bits per heavy atom. The number of ether oxygens (including phenoxy) is 1. The van der Waals surface area contributed by atoms with E-state index in [2.05, 4.69) is 5.32 Å². The summed E-state index contributed by atoms with van der Waals surface area (Å²) in [4.78, 5) is 23.1. The third-order valence-corrected chi connectivity index (χ3v) is 2.77. The molecule has 1 heterocycles. The minimum Gasteiger partial charge on any atom is -0.457 e. The van der Waals surface area contributed by atoms with Crippen molar-refractivity contribution in [3.05, 3.63) is 52.9 Å². The molecule has 0 atom stereocenters. The normalized spacial score (nSPS) is 10.1. The first kappa shape index (κ1) is 14.1. The molecule has 0 fully saturated rings. The molecule has 0 unspecified atom stereocenters. The Morgan fingerprint density at radius 1 is 1.35 bits per heavy atom. The van der Waals surface area contributed by atoms with Crippen LogP contribution in [0, 0.1) is 6.92 Å². The summed E-state index contributed by atoms with van der Waals surface area (Å²) in [5.41, 5.74) is 1.45. The van der Waals surface area contributed by atoms with E-state index in [-0.39, 0.29) is 5.76 Å². The minimum absolute atomic E-state index is 0.0474. The quantitative estimate of drug-likeness (QED) is 0.880. The summed E-state index contributed by atoms with van der Waals surface area (Å²) in [7, 11) is 0. The van der Waals surface area contributed by atoms with Gasteiger partial charge in [0.05, 0.1) is 17.0 Å². The van der Waals surface area contributed by atoms with Crippen LogP contribution in [0.3, 0.4) is 0 Å². The number of furan rings is 1. The molecule has 1 N–H and O–H groups in total. The first-order valence-corrected chi connectivity index (χ1v) is 6.20. The van der Waals surface area contributed by atoms with E-state index in [0.717, 1.165) is 5.56 Å². The number of benzene rings is 1. The summed E-state index contributed by atoms with van der Waals surface area (Å²) in [6.45, 7) is 1.48. The van der Waals surface area contributed by atoms with E-state index in [0.29, 0.717) is 10.7 Å². The van der Waals surface area contributed by atoms with Crippen molar-refractivity contribution >= 4 is 29.2 Å². The van der Waals surface area contributed by atoms with Crippen LogP contribution in [-0.4, -0.2) is 18.5 Å². The molecular formula is C14H12ClNO4. The number of nitrogens with one attached hydrogen (secondary N) is 1. The van der Waals surface area contributed by atoms with Crippen LogP contribution in [0.25, 0.3) is 0 Å². The molecular weight excluding hydrogens is 282 g/mol. The Kier molecular flexibility index (Phi) is 4.42. The first-order chi connectivity index (χ1) is 9.56. The number of hydrogen-bond acceptors (Lipinski definition) is 4. The van der Waals surface area contributed by atoms with E-state index < -0.39 is 18.5 Å². The highest BCUT2D eigenvalue weighted by molar-refractivity contribution is 6.33. The number of hydrogen-bond donors (Lipinski definition) is 1. The Bertz CT molecular complexity index is 622. The van der Waals surface area contributed by atoms with E-state index >= 15 is 0 Å². The lowest BCUT2D eigenvalue weighted by Gasteiger charge is -2.08. The van der Waals surface area contributed by atoms with E-state index in [1.165, 1.54) is 12.3 Å². The zero-order chi connectivity index (χ0) is 14.5. The highest BCUT2D eigenvalue weighted by atomic mass is 35.5. The smallest absolute Gasteiger partial charge is 0.374 e. The van der Waals surface area contributed by atoms with E-state index in [1.54, 1.807) is 18.2 Å². The molecule has 0 saturated heterocycles. The first-order valence-electron chi connectivity index (χ1n) is 5.83. The van der Waals surface area contributed by atoms with Gasteiger partial charge < -0.3 is 14.5 Å². The van der Waals surface area contributed by atoms with Crippen LogP contribution in [0.1, 0.15) is 16.1 Å². The SMILES string of the molecule is Cc1ccc(NC(=O)COC(=O)c2ccco2)c(Cl)c1. The second-order valence-corrected chi connectivity index (χ2v) is 4.49. The maximum absolute atomic E-state index is 11.6. The molecule has 0 bridgehead atoms. The van der Waals surface area contributed by atoms with Gasteiger partial charge >= 0.3 is 5.97 Å². The predicted molar refractivity (Wildman–Crippen MR) is 73.8 cm³/mol. The van der Waals surface area contributed by atoms with Gasteiger partial charge in [-0.3, -0.25) is 4.79 Å². The monoisotopic (exact) mass is 293 g/mol. The topological polar surface area (TPSA) is 68.5 Å². The molecule has 0 aliphatic heterocycles. The van der Waals surface area contributed by atoms with E-state index in [1.807, 2.05) is 13.0 Å². The molecule has 2 rings (SSSR count). The second-order valence-electron chi connectivity index (χ2n) is 4.08. The van der Waals surface area contributed by atoms with Gasteiger partial charge in [0, 0.05) is 0 Å². The highest BCUT2D eigenvalue weighted by Gasteiger charge is 2.13. The number of carbonyl (C=O) groups is 2. The van der Waals surface area contributed by atoms with Gasteiger partial charge in [0.15, 0.2) is 6.61 Å². The van der Waals surface area contributed by atoms with Gasteiger partial charge in [-0.25, -0.2) is 4.79 Å². The van der Waals surface area contributed by atoms with Crippen molar-refractivity contribution in [3.8, 4) is 0 Å². The van der Waals surface area contributed by atoms with Crippen molar-refractivity contribution in [3.63, 3.8) is 0 Å². The van der Waals surface area contributed by atoms with Crippen LogP contribution in [-0.2, 0) is 9.53 Å². The number of anilines is 1. The third-order valence-electron chi connectivity index (χ3n) is 2.46. The van der Waals surface area contributed by atoms with Crippen molar-refractivity contribution in [1.29, 1.82) is 0 Å². The number of halogens is 1. The Morgan fingerprint density at radius 2 is 2.15 bits per heavy atom. The van der Waals surface area contributed by atoms with Crippen LogP contribution in [0.2, 0.25) is 5.02 Å². The summed E-state index contributed by atoms with van der Waals surface area (Å²) >= 11 is 5.98. The molecule has 1 amide bonds. The van der Waals surface area contributed by atoms with E-state index in [4.69, 9.17) is 20.8 Å². The molecule has 1 aromatic heterocycles. The van der Waals surface area contributed by atoms with E-state index in [9.17, 15) is 9.59 Å². The number of rotatable bonds is 4. The molecule has 0 aliphatic rings. The van der Waals surface area contributed by atoms with Crippen molar-refractivity contribution in [2.24, 2.45) is 0 Å². The molecule has 2 aromatic rings. The molecule has 0 radical (unpaired) electrons. The molecule has 20 heavy (non-hydrogen) atoms. The lowest BCUT2D eigenvalue weighted by molar-refractivity contribution is -0.119. The second kappa shape index (κ2) is 6.25. The van der Waals surface area contributed by atoms with Gasteiger partial charge in [-0.15, -0.1) is 0 Å². The van der Waals surface area contributed by atoms with Crippen molar-refractivity contribution in [2.75, 3.05) is 11.9 Å². The Hall–Kier alpha value is -2.27. The summed E-state index contributed by atoms with van der Waals surface area (Å²) < 4.78 is 9.65.